The molecule has 1 aromatic carbocycles. The van der Waals surface area contributed by atoms with Gasteiger partial charge in [-0.2, -0.15) is 0 Å². The summed E-state index contributed by atoms with van der Waals surface area (Å²) in [5.41, 5.74) is 6.19. The van der Waals surface area contributed by atoms with E-state index in [0.717, 1.165) is 18.5 Å². The first kappa shape index (κ1) is 22.3. The fourth-order valence-electron chi connectivity index (χ4n) is 2.09. The number of amides is 2. The SMILES string of the molecule is CCNC(=NCc1ccc(C(N)=O)cc1)NCCCNC(=O)OC(C)(C)C. The van der Waals surface area contributed by atoms with Crippen molar-refractivity contribution in [3.05, 3.63) is 35.4 Å². The Labute approximate surface area is 160 Å². The van der Waals surface area contributed by atoms with Crippen LogP contribution in [0.3, 0.4) is 0 Å². The topological polar surface area (TPSA) is 118 Å². The van der Waals surface area contributed by atoms with E-state index >= 15 is 0 Å². The maximum atomic E-state index is 11.6. The molecular formula is C19H31N5O3. The number of nitrogens with two attached hydrogens (primary N) is 1. The van der Waals surface area contributed by atoms with Crippen LogP contribution in [-0.2, 0) is 11.3 Å². The lowest BCUT2D eigenvalue weighted by Gasteiger charge is -2.19. The van der Waals surface area contributed by atoms with Crippen LogP contribution in [0.15, 0.2) is 29.3 Å². The average molecular weight is 377 g/mol. The summed E-state index contributed by atoms with van der Waals surface area (Å²) in [6.07, 6.45) is 0.319. The predicted octanol–water partition coefficient (Wildman–Crippen LogP) is 1.76. The van der Waals surface area contributed by atoms with Crippen molar-refractivity contribution in [2.24, 2.45) is 10.7 Å². The highest BCUT2D eigenvalue weighted by Gasteiger charge is 2.15. The molecule has 8 nitrogen and oxygen atoms in total. The molecule has 0 saturated carbocycles. The van der Waals surface area contributed by atoms with Gasteiger partial charge in [0.1, 0.15) is 5.60 Å². The summed E-state index contributed by atoms with van der Waals surface area (Å²) in [5, 5.41) is 9.10. The third-order valence-corrected chi connectivity index (χ3v) is 3.32. The molecule has 0 aliphatic rings. The Balaban J connectivity index is 2.39. The molecule has 1 aromatic rings. The molecule has 0 aromatic heterocycles. The first-order chi connectivity index (χ1) is 12.7. The maximum absolute atomic E-state index is 11.6. The number of hydrogen-bond donors (Lipinski definition) is 4. The molecule has 8 heteroatoms. The molecule has 2 amide bonds. The molecule has 0 heterocycles. The Hall–Kier alpha value is -2.77. The van der Waals surface area contributed by atoms with Gasteiger partial charge in [0.25, 0.3) is 0 Å². The van der Waals surface area contributed by atoms with Crippen molar-refractivity contribution in [1.29, 1.82) is 0 Å². The van der Waals surface area contributed by atoms with Gasteiger partial charge >= 0.3 is 6.09 Å². The molecule has 0 saturated heterocycles. The highest BCUT2D eigenvalue weighted by Crippen LogP contribution is 2.06. The van der Waals surface area contributed by atoms with Crippen molar-refractivity contribution in [2.45, 2.75) is 46.3 Å². The number of rotatable bonds is 8. The lowest BCUT2D eigenvalue weighted by Crippen LogP contribution is -2.39. The Morgan fingerprint density at radius 1 is 1.07 bits per heavy atom. The van der Waals surface area contributed by atoms with Crippen molar-refractivity contribution in [3.8, 4) is 0 Å². The van der Waals surface area contributed by atoms with Crippen LogP contribution in [0.5, 0.6) is 0 Å². The molecule has 0 spiro atoms. The van der Waals surface area contributed by atoms with E-state index in [1.807, 2.05) is 39.8 Å². The van der Waals surface area contributed by atoms with E-state index in [1.54, 1.807) is 12.1 Å². The van der Waals surface area contributed by atoms with Gasteiger partial charge in [0.2, 0.25) is 5.91 Å². The van der Waals surface area contributed by atoms with Crippen molar-refractivity contribution in [1.82, 2.24) is 16.0 Å². The third kappa shape index (κ3) is 10.1. The van der Waals surface area contributed by atoms with Crippen molar-refractivity contribution in [3.63, 3.8) is 0 Å². The second kappa shape index (κ2) is 11.1. The molecule has 0 bridgehead atoms. The molecular weight excluding hydrogens is 346 g/mol. The fourth-order valence-corrected chi connectivity index (χ4v) is 2.09. The quantitative estimate of drug-likeness (QED) is 0.313. The third-order valence-electron chi connectivity index (χ3n) is 3.32. The van der Waals surface area contributed by atoms with E-state index in [0.29, 0.717) is 31.2 Å². The second-order valence-electron chi connectivity index (χ2n) is 6.97. The highest BCUT2D eigenvalue weighted by atomic mass is 16.6. The Kier molecular flexibility index (Phi) is 9.12. The van der Waals surface area contributed by atoms with Crippen LogP contribution in [0.1, 0.15) is 50.0 Å². The number of carbonyl (C=O) groups is 2. The number of ether oxygens (including phenoxy) is 1. The lowest BCUT2D eigenvalue weighted by molar-refractivity contribution is 0.0527. The number of primary amides is 1. The molecule has 5 N–H and O–H groups in total. The lowest BCUT2D eigenvalue weighted by atomic mass is 10.1. The van der Waals surface area contributed by atoms with Gasteiger partial charge in [0.05, 0.1) is 6.54 Å². The second-order valence-corrected chi connectivity index (χ2v) is 6.97. The summed E-state index contributed by atoms with van der Waals surface area (Å²) in [5.74, 6) is 0.244. The zero-order chi connectivity index (χ0) is 20.3. The molecule has 0 aliphatic carbocycles. The Bertz CT molecular complexity index is 636. The van der Waals surface area contributed by atoms with Crippen molar-refractivity contribution in [2.75, 3.05) is 19.6 Å². The fraction of sp³-hybridized carbons (Fsp3) is 0.526. The van der Waals surface area contributed by atoms with Gasteiger partial charge in [-0.3, -0.25) is 4.79 Å². The summed E-state index contributed by atoms with van der Waals surface area (Å²) in [6, 6.07) is 7.04. The van der Waals surface area contributed by atoms with E-state index in [1.165, 1.54) is 0 Å². The summed E-state index contributed by atoms with van der Waals surface area (Å²) < 4.78 is 5.18. The van der Waals surface area contributed by atoms with E-state index in [4.69, 9.17) is 10.5 Å². The van der Waals surface area contributed by atoms with Gasteiger partial charge in [-0.1, -0.05) is 12.1 Å². The number of guanidine groups is 1. The minimum atomic E-state index is -0.497. The molecule has 0 radical (unpaired) electrons. The number of benzene rings is 1. The van der Waals surface area contributed by atoms with Crippen LogP contribution < -0.4 is 21.7 Å². The van der Waals surface area contributed by atoms with Gasteiger partial charge < -0.3 is 26.4 Å². The number of alkyl carbamates (subject to hydrolysis) is 1. The summed E-state index contributed by atoms with van der Waals surface area (Å²) >= 11 is 0. The monoisotopic (exact) mass is 377 g/mol. The number of carbonyl (C=O) groups excluding carboxylic acids is 2. The zero-order valence-corrected chi connectivity index (χ0v) is 16.6. The van der Waals surface area contributed by atoms with Gasteiger partial charge in [-0.05, 0) is 51.8 Å². The molecule has 150 valence electrons. The largest absolute Gasteiger partial charge is 0.444 e. The first-order valence-corrected chi connectivity index (χ1v) is 9.09. The molecule has 0 unspecified atom stereocenters. The summed E-state index contributed by atoms with van der Waals surface area (Å²) in [7, 11) is 0. The van der Waals surface area contributed by atoms with Crippen LogP contribution in [0.4, 0.5) is 4.79 Å². The molecule has 0 atom stereocenters. The van der Waals surface area contributed by atoms with Crippen LogP contribution >= 0.6 is 0 Å². The standard InChI is InChI=1S/C19H31N5O3/c1-5-21-17(22-11-6-12-23-18(26)27-19(2,3)4)24-13-14-7-9-15(10-8-14)16(20)25/h7-10H,5-6,11-13H2,1-4H3,(H2,20,25)(H,23,26)(H2,21,22,24). The van der Waals surface area contributed by atoms with Gasteiger partial charge in [-0.15, -0.1) is 0 Å². The van der Waals surface area contributed by atoms with E-state index < -0.39 is 17.6 Å². The van der Waals surface area contributed by atoms with Crippen molar-refractivity contribution < 1.29 is 14.3 Å². The van der Waals surface area contributed by atoms with Crippen molar-refractivity contribution >= 4 is 18.0 Å². The molecule has 1 rings (SSSR count). The van der Waals surface area contributed by atoms with Crippen LogP contribution in [0.25, 0.3) is 0 Å². The number of hydrogen-bond acceptors (Lipinski definition) is 4. The zero-order valence-electron chi connectivity index (χ0n) is 16.6. The Morgan fingerprint density at radius 3 is 2.26 bits per heavy atom. The molecule has 0 aliphatic heterocycles. The highest BCUT2D eigenvalue weighted by molar-refractivity contribution is 5.92. The number of nitrogens with zero attached hydrogens (tertiary/aromatic N) is 1. The minimum Gasteiger partial charge on any atom is -0.444 e. The van der Waals surface area contributed by atoms with Crippen LogP contribution in [-0.4, -0.2) is 43.2 Å². The molecule has 0 fully saturated rings. The van der Waals surface area contributed by atoms with Gasteiger partial charge in [0.15, 0.2) is 5.96 Å². The average Bonchev–Trinajstić information content (AvgIpc) is 2.58. The van der Waals surface area contributed by atoms with Crippen LogP contribution in [0, 0.1) is 0 Å². The number of nitrogens with one attached hydrogen (secondary N) is 3. The Morgan fingerprint density at radius 2 is 1.70 bits per heavy atom. The van der Waals surface area contributed by atoms with E-state index in [9.17, 15) is 9.59 Å². The van der Waals surface area contributed by atoms with Gasteiger partial charge in [-0.25, -0.2) is 9.79 Å². The minimum absolute atomic E-state index is 0.414. The number of aliphatic imine (C=N–C) groups is 1. The normalized spacial score (nSPS) is 11.6. The van der Waals surface area contributed by atoms with Gasteiger partial charge in [0, 0.05) is 25.2 Å². The summed E-state index contributed by atoms with van der Waals surface area (Å²) in [6.45, 7) is 9.85. The first-order valence-electron chi connectivity index (χ1n) is 9.09. The summed E-state index contributed by atoms with van der Waals surface area (Å²) in [4.78, 5) is 27.2. The maximum Gasteiger partial charge on any atom is 0.407 e. The molecule has 27 heavy (non-hydrogen) atoms. The van der Waals surface area contributed by atoms with E-state index in [-0.39, 0.29) is 0 Å². The van der Waals surface area contributed by atoms with E-state index in [2.05, 4.69) is 20.9 Å². The smallest absolute Gasteiger partial charge is 0.407 e. The predicted molar refractivity (Wildman–Crippen MR) is 107 cm³/mol. The van der Waals surface area contributed by atoms with Crippen LogP contribution in [0.2, 0.25) is 0 Å².